The highest BCUT2D eigenvalue weighted by molar-refractivity contribution is 6.33. The Morgan fingerprint density at radius 2 is 1.76 bits per heavy atom. The average molecular weight is 540 g/mol. The average Bonchev–Trinajstić information content (AvgIpc) is 2.88. The lowest BCUT2D eigenvalue weighted by atomic mass is 9.94. The van der Waals surface area contributed by atoms with Gasteiger partial charge < -0.3 is 20.3 Å². The molecule has 1 aliphatic rings. The first-order valence-electron chi connectivity index (χ1n) is 13.4. The van der Waals surface area contributed by atoms with E-state index in [0.29, 0.717) is 52.9 Å². The summed E-state index contributed by atoms with van der Waals surface area (Å²) in [7, 11) is 3.15. The normalized spacial score (nSPS) is 15.3. The molecule has 1 heterocycles. The van der Waals surface area contributed by atoms with Crippen LogP contribution in [0.5, 0.6) is 5.75 Å². The van der Waals surface area contributed by atoms with Gasteiger partial charge in [0.1, 0.15) is 5.75 Å². The lowest BCUT2D eigenvalue weighted by molar-refractivity contribution is 0.0962. The summed E-state index contributed by atoms with van der Waals surface area (Å²) in [5.41, 5.74) is 4.88. The molecular weight excluding hydrogens is 498 g/mol. The molecular formula is C30H42ClN5O2. The SMILES string of the molecule is CNC(=O)c1cc(CCc2cnc(NC3=CC=C(N(CC(C)C)CC(C)C)CC3C)nc2)c(Cl)c(OC)c1. The molecule has 2 N–H and O–H groups in total. The fourth-order valence-corrected chi connectivity index (χ4v) is 4.93. The molecule has 1 aliphatic carbocycles. The molecule has 3 rings (SSSR count). The summed E-state index contributed by atoms with van der Waals surface area (Å²) in [6.45, 7) is 13.5. The van der Waals surface area contributed by atoms with Crippen molar-refractivity contribution in [2.24, 2.45) is 17.8 Å². The molecule has 1 aromatic heterocycles. The van der Waals surface area contributed by atoms with Crippen molar-refractivity contribution in [1.29, 1.82) is 0 Å². The second kappa shape index (κ2) is 13.7. The minimum Gasteiger partial charge on any atom is -0.495 e. The van der Waals surface area contributed by atoms with E-state index in [1.54, 1.807) is 20.2 Å². The minimum absolute atomic E-state index is 0.180. The number of hydrogen-bond acceptors (Lipinski definition) is 6. The Morgan fingerprint density at radius 1 is 1.11 bits per heavy atom. The number of methoxy groups -OCH3 is 1. The number of allylic oxidation sites excluding steroid dienone is 4. The van der Waals surface area contributed by atoms with Crippen molar-refractivity contribution >= 4 is 23.5 Å². The van der Waals surface area contributed by atoms with Crippen LogP contribution in [0.2, 0.25) is 5.02 Å². The van der Waals surface area contributed by atoms with E-state index in [1.807, 2.05) is 18.5 Å². The zero-order valence-electron chi connectivity index (χ0n) is 23.8. The number of nitrogens with zero attached hydrogens (tertiary/aromatic N) is 3. The fourth-order valence-electron chi connectivity index (χ4n) is 4.65. The molecule has 0 spiro atoms. The number of halogens is 1. The lowest BCUT2D eigenvalue weighted by Gasteiger charge is -2.34. The molecule has 38 heavy (non-hydrogen) atoms. The highest BCUT2D eigenvalue weighted by atomic mass is 35.5. The van der Waals surface area contributed by atoms with E-state index in [9.17, 15) is 4.79 Å². The number of ether oxygens (including phenoxy) is 1. The van der Waals surface area contributed by atoms with E-state index >= 15 is 0 Å². The molecule has 0 saturated heterocycles. The third-order valence-electron chi connectivity index (χ3n) is 6.55. The van der Waals surface area contributed by atoms with Gasteiger partial charge in [-0.3, -0.25) is 4.79 Å². The third kappa shape index (κ3) is 7.97. The lowest BCUT2D eigenvalue weighted by Crippen LogP contribution is -2.32. The van der Waals surface area contributed by atoms with Crippen molar-refractivity contribution in [3.05, 3.63) is 69.8 Å². The van der Waals surface area contributed by atoms with Crippen molar-refractivity contribution in [3.8, 4) is 5.75 Å². The standard InChI is InChI=1S/C30H42ClN5O2/c1-19(2)17-36(18-20(3)4)25-10-11-26(21(5)12-25)35-30-33-15-22(16-34-30)8-9-23-13-24(29(37)32-6)14-27(38-7)28(23)31/h10-11,13-16,19-21H,8-9,12,17-18H2,1-7H3,(H,32,37)(H,33,34,35). The topological polar surface area (TPSA) is 79.4 Å². The molecule has 2 aromatic rings. The first kappa shape index (κ1) is 29.5. The van der Waals surface area contributed by atoms with Crippen molar-refractivity contribution < 1.29 is 9.53 Å². The first-order chi connectivity index (χ1) is 18.1. The Balaban J connectivity index is 1.66. The molecule has 1 atom stereocenters. The van der Waals surface area contributed by atoms with Gasteiger partial charge in [-0.25, -0.2) is 9.97 Å². The van der Waals surface area contributed by atoms with Gasteiger partial charge >= 0.3 is 0 Å². The van der Waals surface area contributed by atoms with Crippen LogP contribution >= 0.6 is 11.6 Å². The van der Waals surface area contributed by atoms with Crippen molar-refractivity contribution in [3.63, 3.8) is 0 Å². The predicted octanol–water partition coefficient (Wildman–Crippen LogP) is 6.12. The monoisotopic (exact) mass is 539 g/mol. The Hall–Kier alpha value is -3.06. The second-order valence-corrected chi connectivity index (χ2v) is 11.2. The molecule has 1 unspecified atom stereocenters. The zero-order chi connectivity index (χ0) is 27.8. The number of carbonyl (C=O) groups is 1. The zero-order valence-corrected chi connectivity index (χ0v) is 24.5. The molecule has 1 amide bonds. The van der Waals surface area contributed by atoms with Crippen LogP contribution in [0.25, 0.3) is 0 Å². The maximum absolute atomic E-state index is 12.1. The van der Waals surface area contributed by atoms with Gasteiger partial charge in [0.05, 0.1) is 12.1 Å². The van der Waals surface area contributed by atoms with E-state index in [2.05, 4.69) is 72.3 Å². The van der Waals surface area contributed by atoms with E-state index in [1.165, 1.54) is 5.70 Å². The summed E-state index contributed by atoms with van der Waals surface area (Å²) < 4.78 is 5.37. The highest BCUT2D eigenvalue weighted by Gasteiger charge is 2.21. The summed E-state index contributed by atoms with van der Waals surface area (Å²) in [6, 6.07) is 3.46. The summed E-state index contributed by atoms with van der Waals surface area (Å²) in [4.78, 5) is 23.8. The van der Waals surface area contributed by atoms with Crippen molar-refractivity contribution in [2.45, 2.75) is 53.9 Å². The van der Waals surface area contributed by atoms with Gasteiger partial charge in [0.25, 0.3) is 5.91 Å². The number of aromatic nitrogens is 2. The van der Waals surface area contributed by atoms with Crippen LogP contribution in [-0.4, -0.2) is 48.0 Å². The van der Waals surface area contributed by atoms with Crippen LogP contribution in [0.15, 0.2) is 48.1 Å². The smallest absolute Gasteiger partial charge is 0.251 e. The maximum Gasteiger partial charge on any atom is 0.251 e. The number of aryl methyl sites for hydroxylation is 2. The van der Waals surface area contributed by atoms with Gasteiger partial charge in [-0.1, -0.05) is 46.2 Å². The molecule has 206 valence electrons. The van der Waals surface area contributed by atoms with Gasteiger partial charge in [0.2, 0.25) is 5.95 Å². The molecule has 0 aliphatic heterocycles. The van der Waals surface area contributed by atoms with Crippen LogP contribution in [0.4, 0.5) is 5.95 Å². The summed E-state index contributed by atoms with van der Waals surface area (Å²) >= 11 is 6.51. The van der Waals surface area contributed by atoms with Gasteiger partial charge in [0, 0.05) is 55.4 Å². The molecule has 0 bridgehead atoms. The van der Waals surface area contributed by atoms with Gasteiger partial charge in [-0.15, -0.1) is 0 Å². The van der Waals surface area contributed by atoms with Gasteiger partial charge in [0.15, 0.2) is 0 Å². The highest BCUT2D eigenvalue weighted by Crippen LogP contribution is 2.31. The Morgan fingerprint density at radius 3 is 2.32 bits per heavy atom. The number of rotatable bonds is 12. The molecule has 0 radical (unpaired) electrons. The van der Waals surface area contributed by atoms with E-state index in [0.717, 1.165) is 36.3 Å². The predicted molar refractivity (Wildman–Crippen MR) is 156 cm³/mol. The van der Waals surface area contributed by atoms with Crippen LogP contribution < -0.4 is 15.4 Å². The summed E-state index contributed by atoms with van der Waals surface area (Å²) in [5.74, 6) is 2.50. The largest absolute Gasteiger partial charge is 0.495 e. The summed E-state index contributed by atoms with van der Waals surface area (Å²) in [6.07, 6.45) is 10.4. The Bertz CT molecular complexity index is 1150. The minimum atomic E-state index is -0.180. The number of hydrogen-bond donors (Lipinski definition) is 2. The van der Waals surface area contributed by atoms with Crippen LogP contribution in [0.3, 0.4) is 0 Å². The number of carbonyl (C=O) groups excluding carboxylic acids is 1. The molecule has 0 saturated carbocycles. The maximum atomic E-state index is 12.1. The van der Waals surface area contributed by atoms with Crippen LogP contribution in [0, 0.1) is 17.8 Å². The first-order valence-corrected chi connectivity index (χ1v) is 13.8. The Kier molecular flexibility index (Phi) is 10.6. The van der Waals surface area contributed by atoms with Crippen LogP contribution in [-0.2, 0) is 12.8 Å². The van der Waals surface area contributed by atoms with E-state index in [4.69, 9.17) is 16.3 Å². The Labute approximate surface area is 232 Å². The van der Waals surface area contributed by atoms with Gasteiger partial charge in [-0.2, -0.15) is 0 Å². The molecule has 0 fully saturated rings. The van der Waals surface area contributed by atoms with Crippen LogP contribution in [0.1, 0.15) is 62.5 Å². The quantitative estimate of drug-likeness (QED) is 0.338. The third-order valence-corrected chi connectivity index (χ3v) is 6.98. The van der Waals surface area contributed by atoms with E-state index in [-0.39, 0.29) is 5.91 Å². The molecule has 8 heteroatoms. The summed E-state index contributed by atoms with van der Waals surface area (Å²) in [5, 5.41) is 6.58. The van der Waals surface area contributed by atoms with Crippen molar-refractivity contribution in [2.75, 3.05) is 32.6 Å². The van der Waals surface area contributed by atoms with Gasteiger partial charge in [-0.05, 0) is 66.5 Å². The fraction of sp³-hybridized carbons (Fsp3) is 0.500. The van der Waals surface area contributed by atoms with Crippen molar-refractivity contribution in [1.82, 2.24) is 20.2 Å². The number of amides is 1. The number of anilines is 1. The molecule has 1 aromatic carbocycles. The second-order valence-electron chi connectivity index (χ2n) is 10.8. The molecule has 7 nitrogen and oxygen atoms in total. The number of nitrogens with one attached hydrogen (secondary N) is 2. The van der Waals surface area contributed by atoms with E-state index < -0.39 is 0 Å². The number of benzene rings is 1.